The van der Waals surface area contributed by atoms with Crippen molar-refractivity contribution in [2.45, 2.75) is 11.8 Å². The number of hydrogen-bond donors (Lipinski definition) is 0. The Hall–Kier alpha value is -0.150. The van der Waals surface area contributed by atoms with Crippen LogP contribution in [0.1, 0.15) is 5.56 Å². The molecule has 0 atom stereocenters. The molecule has 6 nitrogen and oxygen atoms in total. The summed E-state index contributed by atoms with van der Waals surface area (Å²) in [6, 6.07) is 6.32. The molecule has 0 aliphatic carbocycles. The molecular formula is C12H18ClN2NaO4S. The summed E-state index contributed by atoms with van der Waals surface area (Å²) in [5.41, 5.74) is 0.989. The van der Waals surface area contributed by atoms with Crippen molar-refractivity contribution in [1.82, 2.24) is 0 Å². The number of quaternary nitrogens is 1. The van der Waals surface area contributed by atoms with Crippen molar-refractivity contribution in [3.63, 3.8) is 0 Å². The van der Waals surface area contributed by atoms with Gasteiger partial charge in [0.15, 0.2) is 0 Å². The first-order chi connectivity index (χ1) is 8.98. The summed E-state index contributed by atoms with van der Waals surface area (Å²) < 4.78 is 25.2. The predicted octanol–water partition coefficient (Wildman–Crippen LogP) is -2.34. The van der Waals surface area contributed by atoms with Crippen molar-refractivity contribution in [2.24, 2.45) is 0 Å². The van der Waals surface area contributed by atoms with Crippen molar-refractivity contribution in [3.05, 3.63) is 34.1 Å². The minimum Gasteiger partial charge on any atom is -0.544 e. The monoisotopic (exact) mass is 344 g/mol. The Morgan fingerprint density at radius 1 is 1.24 bits per heavy atom. The molecule has 114 valence electrons. The molecule has 0 aliphatic heterocycles. The van der Waals surface area contributed by atoms with E-state index in [4.69, 9.17) is 11.8 Å². The Balaban J connectivity index is 0. The summed E-state index contributed by atoms with van der Waals surface area (Å²) in [6.45, 7) is 1.94. The fraction of sp³-hybridized carbons (Fsp3) is 0.417. The van der Waals surface area contributed by atoms with Gasteiger partial charge in [-0.2, -0.15) is 0 Å². The number of benzene rings is 1. The Kier molecular flexibility index (Phi) is 10.8. The van der Waals surface area contributed by atoms with E-state index in [-0.39, 0.29) is 41.0 Å². The predicted molar refractivity (Wildman–Crippen MR) is 75.5 cm³/mol. The molecule has 0 unspecified atom stereocenters. The number of aliphatic carboxylic acids is 1. The van der Waals surface area contributed by atoms with Gasteiger partial charge in [-0.15, -0.1) is 0 Å². The summed E-state index contributed by atoms with van der Waals surface area (Å²) in [7, 11) is 1.78. The van der Waals surface area contributed by atoms with Gasteiger partial charge in [-0.3, -0.25) is 11.8 Å². The molecule has 0 saturated carbocycles. The first-order valence-electron chi connectivity index (χ1n) is 5.63. The molecule has 0 bridgehead atoms. The van der Waals surface area contributed by atoms with E-state index in [0.29, 0.717) is 4.48 Å². The van der Waals surface area contributed by atoms with Crippen LogP contribution >= 0.6 is 11.8 Å². The first-order valence-corrected chi connectivity index (χ1v) is 7.41. The second-order valence-corrected chi connectivity index (χ2v) is 7.15. The van der Waals surface area contributed by atoms with Crippen molar-refractivity contribution >= 4 is 27.8 Å². The third-order valence-electron chi connectivity index (χ3n) is 2.01. The van der Waals surface area contributed by atoms with Crippen molar-refractivity contribution < 1.29 is 52.4 Å². The third kappa shape index (κ3) is 11.1. The standard InChI is InChI=1S/C7H7ClNO2S.C5H11NO2.Na/c1-6-2-4-7(5-3-6)12(10,11)9-8;1-6(2,3)4-5(7)8;/h2-5H,1H3;4H2,1-3H3;/q-1;;+1. The summed E-state index contributed by atoms with van der Waals surface area (Å²) >= 11 is 4.90. The number of nitrogens with zero attached hydrogens (tertiary/aromatic N) is 2. The van der Waals surface area contributed by atoms with Crippen molar-refractivity contribution in [2.75, 3.05) is 27.7 Å². The molecule has 1 aromatic carbocycles. The average Bonchev–Trinajstić information content (AvgIpc) is 2.27. The van der Waals surface area contributed by atoms with Crippen LogP contribution in [0.2, 0.25) is 0 Å². The maximum Gasteiger partial charge on any atom is 1.00 e. The molecule has 0 fully saturated rings. The van der Waals surface area contributed by atoms with Gasteiger partial charge in [0, 0.05) is 4.90 Å². The minimum atomic E-state index is -3.62. The second-order valence-electron chi connectivity index (χ2n) is 5.18. The Morgan fingerprint density at radius 3 is 1.90 bits per heavy atom. The topological polar surface area (TPSA) is 88.4 Å². The summed E-state index contributed by atoms with van der Waals surface area (Å²) in [6.07, 6.45) is 0. The van der Waals surface area contributed by atoms with Crippen LogP contribution in [0.15, 0.2) is 29.2 Å². The summed E-state index contributed by atoms with van der Waals surface area (Å²) in [4.78, 5) is 10.0. The zero-order valence-corrected chi connectivity index (χ0v) is 16.4. The van der Waals surface area contributed by atoms with Gasteiger partial charge in [0.05, 0.1) is 27.1 Å². The van der Waals surface area contributed by atoms with E-state index in [0.717, 1.165) is 5.56 Å². The van der Waals surface area contributed by atoms with Gasteiger partial charge in [0.25, 0.3) is 0 Å². The minimum absolute atomic E-state index is 0. The zero-order valence-electron chi connectivity index (χ0n) is 12.8. The molecule has 9 heteroatoms. The fourth-order valence-corrected chi connectivity index (χ4v) is 1.94. The van der Waals surface area contributed by atoms with Crippen molar-refractivity contribution in [3.8, 4) is 0 Å². The van der Waals surface area contributed by atoms with E-state index < -0.39 is 16.0 Å². The zero-order chi connectivity index (χ0) is 16.0. The molecule has 0 amide bonds. The van der Waals surface area contributed by atoms with Crippen LogP contribution in [0.25, 0.3) is 4.24 Å². The number of carboxylic acid groups (broad SMARTS) is 1. The number of rotatable bonds is 4. The van der Waals surface area contributed by atoms with E-state index in [9.17, 15) is 18.3 Å². The van der Waals surface area contributed by atoms with E-state index in [1.807, 2.05) is 6.92 Å². The normalized spacial score (nSPS) is 10.9. The van der Waals surface area contributed by atoms with E-state index in [1.165, 1.54) is 12.1 Å². The van der Waals surface area contributed by atoms with Gasteiger partial charge in [-0.05, 0) is 19.1 Å². The van der Waals surface area contributed by atoms with Gasteiger partial charge in [-0.1, -0.05) is 17.7 Å². The Labute approximate surface area is 153 Å². The molecule has 21 heavy (non-hydrogen) atoms. The Bertz CT molecular complexity index is 541. The molecular weight excluding hydrogens is 327 g/mol. The largest absolute Gasteiger partial charge is 1.00 e. The van der Waals surface area contributed by atoms with Crippen LogP contribution < -0.4 is 34.7 Å². The molecule has 1 rings (SSSR count). The Morgan fingerprint density at radius 2 is 1.67 bits per heavy atom. The molecule has 0 spiro atoms. The van der Waals surface area contributed by atoms with Crippen LogP contribution in [0, 0.1) is 6.92 Å². The maximum absolute atomic E-state index is 11.0. The smallest absolute Gasteiger partial charge is 0.544 e. The number of sulfonamides is 1. The number of carboxylic acids is 1. The number of likely N-dealkylation sites (N-methyl/N-ethyl adjacent to an activating group) is 1. The molecule has 0 radical (unpaired) electrons. The van der Waals surface area contributed by atoms with Gasteiger partial charge in [0.2, 0.25) is 0 Å². The molecule has 1 aromatic rings. The van der Waals surface area contributed by atoms with Crippen LogP contribution in [0.4, 0.5) is 0 Å². The number of aryl methyl sites for hydroxylation is 1. The van der Waals surface area contributed by atoms with E-state index >= 15 is 0 Å². The van der Waals surface area contributed by atoms with Gasteiger partial charge < -0.3 is 18.6 Å². The summed E-state index contributed by atoms with van der Waals surface area (Å²) in [5, 5.41) is 9.89. The van der Waals surface area contributed by atoms with E-state index in [2.05, 4.69) is 4.24 Å². The third-order valence-corrected chi connectivity index (χ3v) is 3.61. The molecule has 0 aromatic heterocycles. The van der Waals surface area contributed by atoms with Crippen LogP contribution in [-0.2, 0) is 14.8 Å². The van der Waals surface area contributed by atoms with Gasteiger partial charge in [0.1, 0.15) is 16.6 Å². The first kappa shape index (κ1) is 23.1. The van der Waals surface area contributed by atoms with Gasteiger partial charge in [-0.25, -0.2) is 8.42 Å². The van der Waals surface area contributed by atoms with Crippen LogP contribution in [-0.4, -0.2) is 46.6 Å². The number of hydrogen-bond acceptors (Lipinski definition) is 4. The molecule has 0 N–H and O–H groups in total. The molecule has 0 saturated heterocycles. The number of carbonyl (C=O) groups is 1. The SMILES string of the molecule is C[N+](C)(C)CC(=O)[O-].Cc1ccc(S(=O)(=O)[N-]Cl)cc1.[Na+]. The van der Waals surface area contributed by atoms with Gasteiger partial charge >= 0.3 is 29.6 Å². The fourth-order valence-electron chi connectivity index (χ4n) is 1.14. The van der Waals surface area contributed by atoms with Crippen molar-refractivity contribution in [1.29, 1.82) is 0 Å². The van der Waals surface area contributed by atoms with Crippen LogP contribution in [0.3, 0.4) is 0 Å². The number of halogens is 1. The molecule has 0 heterocycles. The quantitative estimate of drug-likeness (QED) is 0.452. The number of carbonyl (C=O) groups excluding carboxylic acids is 1. The second kappa shape index (κ2) is 9.78. The average molecular weight is 345 g/mol. The van der Waals surface area contributed by atoms with E-state index in [1.54, 1.807) is 33.3 Å². The maximum atomic E-state index is 11.0. The summed E-state index contributed by atoms with van der Waals surface area (Å²) in [5.74, 6) is -1.00. The molecule has 0 aliphatic rings. The van der Waals surface area contributed by atoms with Crippen LogP contribution in [0.5, 0.6) is 0 Å².